The minimum Gasteiger partial charge on any atom is -0.860 e. The van der Waals surface area contributed by atoms with E-state index in [0.29, 0.717) is 4.57 Å². The first-order chi connectivity index (χ1) is 23.2. The smallest absolute Gasteiger partial charge is 0.860 e. The number of hydrogen-bond donors (Lipinski definition) is 5. The Morgan fingerprint density at radius 3 is 2.06 bits per heavy atom. The molecule has 0 atom stereocenters. The molecule has 2 aromatic heterocycles. The molecular weight excluding hydrogens is 796 g/mol. The Labute approximate surface area is 344 Å². The van der Waals surface area contributed by atoms with E-state index in [1.165, 1.54) is 37.3 Å². The number of hydrogen-bond acceptors (Lipinski definition) is 18. The van der Waals surface area contributed by atoms with Crippen molar-refractivity contribution in [3.63, 3.8) is 0 Å². The van der Waals surface area contributed by atoms with Gasteiger partial charge in [-0.1, -0.05) is 0 Å². The van der Waals surface area contributed by atoms with E-state index in [9.17, 15) is 44.8 Å². The summed E-state index contributed by atoms with van der Waals surface area (Å²) in [7, 11) is -12.7. The molecule has 0 spiro atoms. The SMILES string of the molecule is Cc1c(C(=N)[O-])c([O-])n(C)c(=O)c1N=Nc1cc(Nc2nc(Cl)nc(Nc3ccc(S(=O)(=O)CCOS(=O)(=O)O)cc3)n2)ccc1S(=O)(=O)O.[Na+].[Na+]. The van der Waals surface area contributed by atoms with E-state index >= 15 is 0 Å². The monoisotopic (exact) mass is 817 g/mol. The fourth-order valence-corrected chi connectivity index (χ4v) is 6.32. The van der Waals surface area contributed by atoms with Gasteiger partial charge in [0.05, 0.1) is 17.3 Å². The minimum atomic E-state index is -4.90. The van der Waals surface area contributed by atoms with E-state index in [1.54, 1.807) is 0 Å². The molecule has 266 valence electrons. The van der Waals surface area contributed by atoms with Gasteiger partial charge >= 0.3 is 69.5 Å². The van der Waals surface area contributed by atoms with Crippen molar-refractivity contribution < 1.29 is 108 Å². The van der Waals surface area contributed by atoms with Crippen LogP contribution in [0, 0.1) is 12.3 Å². The molecule has 27 heteroatoms. The second-order valence-corrected chi connectivity index (χ2v) is 14.7. The Balaban J connectivity index is 0.00000468. The molecule has 0 saturated heterocycles. The van der Waals surface area contributed by atoms with Crippen LogP contribution in [0.25, 0.3) is 0 Å². The van der Waals surface area contributed by atoms with Crippen LogP contribution in [0.3, 0.4) is 0 Å². The number of nitrogens with zero attached hydrogens (tertiary/aromatic N) is 6. The molecule has 0 unspecified atom stereocenters. The minimum absolute atomic E-state index is 0. The maximum absolute atomic E-state index is 12.7. The van der Waals surface area contributed by atoms with Crippen molar-refractivity contribution in [1.82, 2.24) is 19.5 Å². The van der Waals surface area contributed by atoms with E-state index in [0.717, 1.165) is 19.2 Å². The number of anilines is 4. The Bertz CT molecular complexity index is 2440. The van der Waals surface area contributed by atoms with Gasteiger partial charge in [0, 0.05) is 18.4 Å². The van der Waals surface area contributed by atoms with Crippen molar-refractivity contribution in [2.45, 2.75) is 16.7 Å². The summed E-state index contributed by atoms with van der Waals surface area (Å²) in [5, 5.41) is 44.0. The average Bonchev–Trinajstić information content (AvgIpc) is 2.98. The van der Waals surface area contributed by atoms with Gasteiger partial charge < -0.3 is 30.8 Å². The Kier molecular flexibility index (Phi) is 15.4. The van der Waals surface area contributed by atoms with Crippen LogP contribution in [0.5, 0.6) is 5.88 Å². The number of nitrogens with one attached hydrogen (secondary N) is 3. The number of aromatic nitrogens is 4. The standard InChI is InChI=1S/C25H24ClN9O12S3.2Na/c1-12-18(20(27)36)21(37)35(2)22(38)19(12)34-33-16-11-14(5-8-17(16)49(41,42)43)29-25-31-23(26)30-24(32-25)28-13-3-6-15(7-4-13)48(39,40)10-9-47-50(44,45)46;;/h3-8,11,37H,9-10H2,1-2H3,(H2,27,36)(H,41,42,43)(H,44,45,46)(H2,28,29,30,31,32);;/q;2*+1/p-2. The molecule has 0 aliphatic rings. The Hall–Kier alpha value is -3.11. The molecule has 52 heavy (non-hydrogen) atoms. The van der Waals surface area contributed by atoms with Crippen LogP contribution >= 0.6 is 11.6 Å². The molecule has 0 radical (unpaired) electrons. The predicted molar refractivity (Wildman–Crippen MR) is 171 cm³/mol. The van der Waals surface area contributed by atoms with Gasteiger partial charge in [0.25, 0.3) is 15.7 Å². The molecule has 2 aromatic carbocycles. The third kappa shape index (κ3) is 11.4. The van der Waals surface area contributed by atoms with Gasteiger partial charge in [0.2, 0.25) is 17.2 Å². The second-order valence-electron chi connectivity index (χ2n) is 9.80. The van der Waals surface area contributed by atoms with E-state index in [4.69, 9.17) is 21.6 Å². The summed E-state index contributed by atoms with van der Waals surface area (Å²) in [6.07, 6.45) is 0. The number of halogens is 1. The molecule has 4 aromatic rings. The van der Waals surface area contributed by atoms with Gasteiger partial charge in [-0.2, -0.15) is 31.8 Å². The topological polar surface area (TPSA) is 332 Å². The maximum Gasteiger partial charge on any atom is 1.00 e. The van der Waals surface area contributed by atoms with E-state index < -0.39 is 81.9 Å². The first kappa shape index (κ1) is 45.0. The summed E-state index contributed by atoms with van der Waals surface area (Å²) in [6, 6.07) is 8.22. The molecule has 0 amide bonds. The molecule has 5 N–H and O–H groups in total. The molecular formula is C25H22ClN9Na2O12S3. The summed E-state index contributed by atoms with van der Waals surface area (Å²) >= 11 is 6.04. The zero-order chi connectivity index (χ0) is 37.2. The number of pyridine rings is 1. The fourth-order valence-electron chi connectivity index (χ4n) is 4.07. The molecule has 0 aliphatic carbocycles. The second kappa shape index (κ2) is 17.8. The van der Waals surface area contributed by atoms with Crippen LogP contribution in [0.1, 0.15) is 11.1 Å². The van der Waals surface area contributed by atoms with Gasteiger partial charge in [-0.3, -0.25) is 13.9 Å². The van der Waals surface area contributed by atoms with Gasteiger partial charge in [0.1, 0.15) is 10.6 Å². The quantitative estimate of drug-likeness (QED) is 0.0277. The maximum atomic E-state index is 12.7. The largest absolute Gasteiger partial charge is 1.00 e. The van der Waals surface area contributed by atoms with Crippen LogP contribution in [0.2, 0.25) is 5.28 Å². The molecule has 4 rings (SSSR count). The van der Waals surface area contributed by atoms with Crippen molar-refractivity contribution in [2.24, 2.45) is 17.3 Å². The van der Waals surface area contributed by atoms with Gasteiger partial charge in [-0.25, -0.2) is 12.6 Å². The summed E-state index contributed by atoms with van der Waals surface area (Å²) < 4.78 is 93.2. The van der Waals surface area contributed by atoms with Gasteiger partial charge in [0.15, 0.2) is 15.5 Å². The number of azo groups is 1. The summed E-state index contributed by atoms with van der Waals surface area (Å²) in [6.45, 7) is 0.369. The van der Waals surface area contributed by atoms with Crippen LogP contribution in [-0.2, 0) is 41.6 Å². The van der Waals surface area contributed by atoms with Crippen LogP contribution in [-0.4, -0.2) is 72.1 Å². The first-order valence-electron chi connectivity index (χ1n) is 13.3. The van der Waals surface area contributed by atoms with Crippen LogP contribution in [0.4, 0.5) is 34.6 Å². The van der Waals surface area contributed by atoms with Gasteiger partial charge in [-0.15, -0.1) is 10.2 Å². The molecule has 0 fully saturated rings. The zero-order valence-electron chi connectivity index (χ0n) is 27.2. The van der Waals surface area contributed by atoms with E-state index in [2.05, 4.69) is 40.0 Å². The zero-order valence-corrected chi connectivity index (χ0v) is 34.4. The molecule has 21 nitrogen and oxygen atoms in total. The number of rotatable bonds is 13. The van der Waals surface area contributed by atoms with E-state index in [-0.39, 0.29) is 98.1 Å². The molecule has 2 heterocycles. The Morgan fingerprint density at radius 1 is 0.962 bits per heavy atom. The molecule has 0 bridgehead atoms. The van der Waals surface area contributed by atoms with Crippen molar-refractivity contribution in [3.8, 4) is 5.88 Å². The fraction of sp³-hybridized carbons (Fsp3) is 0.160. The molecule has 0 saturated carbocycles. The number of benzene rings is 2. The van der Waals surface area contributed by atoms with Crippen LogP contribution in [0.15, 0.2) is 67.3 Å². The summed E-state index contributed by atoms with van der Waals surface area (Å²) in [5.74, 6) is -3.52. The van der Waals surface area contributed by atoms with Gasteiger partial charge in [-0.05, 0) is 83.9 Å². The average molecular weight is 818 g/mol. The third-order valence-corrected chi connectivity index (χ3v) is 9.62. The summed E-state index contributed by atoms with van der Waals surface area (Å²) in [4.78, 5) is 23.7. The van der Waals surface area contributed by atoms with Crippen molar-refractivity contribution in [2.75, 3.05) is 23.0 Å². The van der Waals surface area contributed by atoms with Crippen molar-refractivity contribution >= 4 is 82.5 Å². The third-order valence-electron chi connectivity index (χ3n) is 6.40. The number of sulfone groups is 1. The van der Waals surface area contributed by atoms with E-state index in [1.807, 2.05) is 0 Å². The van der Waals surface area contributed by atoms with Crippen molar-refractivity contribution in [1.29, 1.82) is 5.41 Å². The predicted octanol–water partition coefficient (Wildman–Crippen LogP) is -4.96. The van der Waals surface area contributed by atoms with Crippen LogP contribution < -0.4 is 85.5 Å². The molecule has 0 aliphatic heterocycles. The first-order valence-corrected chi connectivity index (χ1v) is 18.1. The normalized spacial score (nSPS) is 11.8. The van der Waals surface area contributed by atoms with Crippen molar-refractivity contribution in [3.05, 3.63) is 69.2 Å². The Morgan fingerprint density at radius 2 is 1.52 bits per heavy atom. The summed E-state index contributed by atoms with van der Waals surface area (Å²) in [5.41, 5.74) is -2.65.